The number of carbonyl (C=O) groups is 2. The molecule has 1 aromatic carbocycles. The summed E-state index contributed by atoms with van der Waals surface area (Å²) in [5.41, 5.74) is 0.629. The van der Waals surface area contributed by atoms with E-state index < -0.39 is 0 Å². The van der Waals surface area contributed by atoms with Gasteiger partial charge in [0.2, 0.25) is 5.91 Å². The lowest BCUT2D eigenvalue weighted by molar-refractivity contribution is -0.131. The Kier molecular flexibility index (Phi) is 4.41. The van der Waals surface area contributed by atoms with Gasteiger partial charge in [0.15, 0.2) is 17.3 Å². The molecule has 0 radical (unpaired) electrons. The van der Waals surface area contributed by atoms with Crippen molar-refractivity contribution >= 4 is 11.8 Å². The van der Waals surface area contributed by atoms with Crippen LogP contribution in [0, 0.1) is 0 Å². The standard InChI is InChI=1S/C17H18N2O5/c20-13-4-3-12(10-14(13)21)11-16(22)18-5-7-19(8-6-18)17(23)15-2-1-9-24-15/h1-4,9-10,20-21H,5-8,11H2. The third-order valence-corrected chi connectivity index (χ3v) is 4.05. The van der Waals surface area contributed by atoms with E-state index in [4.69, 9.17) is 4.42 Å². The molecule has 24 heavy (non-hydrogen) atoms. The molecule has 126 valence electrons. The first-order valence-electron chi connectivity index (χ1n) is 7.66. The van der Waals surface area contributed by atoms with Crippen LogP contribution < -0.4 is 0 Å². The van der Waals surface area contributed by atoms with Gasteiger partial charge in [-0.3, -0.25) is 9.59 Å². The maximum Gasteiger partial charge on any atom is 0.289 e. The number of amides is 2. The molecular weight excluding hydrogens is 312 g/mol. The monoisotopic (exact) mass is 330 g/mol. The molecule has 7 nitrogen and oxygen atoms in total. The highest BCUT2D eigenvalue weighted by molar-refractivity contribution is 5.91. The van der Waals surface area contributed by atoms with Gasteiger partial charge in [-0.05, 0) is 29.8 Å². The molecule has 2 N–H and O–H groups in total. The van der Waals surface area contributed by atoms with Crippen LogP contribution in [-0.4, -0.2) is 58.0 Å². The predicted octanol–water partition coefficient (Wildman–Crippen LogP) is 1.22. The molecule has 0 atom stereocenters. The summed E-state index contributed by atoms with van der Waals surface area (Å²) in [6, 6.07) is 7.63. The highest BCUT2D eigenvalue weighted by Gasteiger charge is 2.26. The highest BCUT2D eigenvalue weighted by atomic mass is 16.3. The Balaban J connectivity index is 1.55. The van der Waals surface area contributed by atoms with Crippen molar-refractivity contribution in [3.63, 3.8) is 0 Å². The van der Waals surface area contributed by atoms with Gasteiger partial charge in [0, 0.05) is 26.2 Å². The van der Waals surface area contributed by atoms with Crippen LogP contribution in [0.3, 0.4) is 0 Å². The fourth-order valence-electron chi connectivity index (χ4n) is 2.68. The van der Waals surface area contributed by atoms with E-state index in [2.05, 4.69) is 0 Å². The summed E-state index contributed by atoms with van der Waals surface area (Å²) >= 11 is 0. The zero-order valence-corrected chi connectivity index (χ0v) is 13.0. The molecule has 2 aromatic rings. The van der Waals surface area contributed by atoms with Crippen LogP contribution in [0.15, 0.2) is 41.0 Å². The van der Waals surface area contributed by atoms with Crippen molar-refractivity contribution in [2.45, 2.75) is 6.42 Å². The second-order valence-electron chi connectivity index (χ2n) is 5.65. The fraction of sp³-hybridized carbons (Fsp3) is 0.294. The van der Waals surface area contributed by atoms with Crippen LogP contribution in [0.25, 0.3) is 0 Å². The minimum Gasteiger partial charge on any atom is -0.504 e. The van der Waals surface area contributed by atoms with E-state index in [9.17, 15) is 19.8 Å². The van der Waals surface area contributed by atoms with Crippen LogP contribution in [0.1, 0.15) is 16.1 Å². The van der Waals surface area contributed by atoms with Gasteiger partial charge in [-0.15, -0.1) is 0 Å². The number of furan rings is 1. The number of piperazine rings is 1. The number of hydrogen-bond donors (Lipinski definition) is 2. The number of hydrogen-bond acceptors (Lipinski definition) is 5. The molecule has 0 unspecified atom stereocenters. The topological polar surface area (TPSA) is 94.2 Å². The Morgan fingerprint density at radius 3 is 2.33 bits per heavy atom. The summed E-state index contributed by atoms with van der Waals surface area (Å²) in [4.78, 5) is 27.9. The lowest BCUT2D eigenvalue weighted by Gasteiger charge is -2.34. The Hall–Kier alpha value is -2.96. The van der Waals surface area contributed by atoms with Gasteiger partial charge in [-0.25, -0.2) is 0 Å². The quantitative estimate of drug-likeness (QED) is 0.825. The number of benzene rings is 1. The number of aromatic hydroxyl groups is 2. The smallest absolute Gasteiger partial charge is 0.289 e. The van der Waals surface area contributed by atoms with Gasteiger partial charge in [-0.2, -0.15) is 0 Å². The summed E-state index contributed by atoms with van der Waals surface area (Å²) in [7, 11) is 0. The molecule has 0 aliphatic carbocycles. The van der Waals surface area contributed by atoms with Gasteiger partial charge in [-0.1, -0.05) is 6.07 Å². The molecule has 1 aromatic heterocycles. The van der Waals surface area contributed by atoms with Gasteiger partial charge in [0.25, 0.3) is 5.91 Å². The molecule has 0 spiro atoms. The summed E-state index contributed by atoms with van der Waals surface area (Å²) in [5, 5.41) is 18.8. The first kappa shape index (κ1) is 15.9. The molecule has 2 heterocycles. The Bertz CT molecular complexity index is 733. The molecule has 0 saturated carbocycles. The molecule has 1 fully saturated rings. The molecular formula is C17H18N2O5. The largest absolute Gasteiger partial charge is 0.504 e. The molecule has 7 heteroatoms. The third kappa shape index (κ3) is 3.34. The van der Waals surface area contributed by atoms with Crippen molar-refractivity contribution < 1.29 is 24.2 Å². The zero-order valence-electron chi connectivity index (χ0n) is 13.0. The first-order valence-corrected chi connectivity index (χ1v) is 7.66. The van der Waals surface area contributed by atoms with Gasteiger partial charge >= 0.3 is 0 Å². The Morgan fingerprint density at radius 2 is 1.71 bits per heavy atom. The minimum absolute atomic E-state index is 0.0785. The van der Waals surface area contributed by atoms with E-state index in [0.29, 0.717) is 37.5 Å². The number of rotatable bonds is 3. The van der Waals surface area contributed by atoms with Crippen LogP contribution in [-0.2, 0) is 11.2 Å². The Morgan fingerprint density at radius 1 is 1.00 bits per heavy atom. The van der Waals surface area contributed by atoms with E-state index >= 15 is 0 Å². The summed E-state index contributed by atoms with van der Waals surface area (Å²) in [6.07, 6.45) is 1.60. The zero-order chi connectivity index (χ0) is 17.1. The van der Waals surface area contributed by atoms with Crippen molar-refractivity contribution in [1.82, 2.24) is 9.80 Å². The molecule has 1 saturated heterocycles. The van der Waals surface area contributed by atoms with Crippen molar-refractivity contribution in [3.8, 4) is 11.5 Å². The molecule has 1 aliphatic heterocycles. The van der Waals surface area contributed by atoms with Crippen LogP contribution >= 0.6 is 0 Å². The normalized spacial score (nSPS) is 14.7. The number of nitrogens with zero attached hydrogens (tertiary/aromatic N) is 2. The number of phenols is 2. The number of carbonyl (C=O) groups excluding carboxylic acids is 2. The first-order chi connectivity index (χ1) is 11.5. The van der Waals surface area contributed by atoms with Gasteiger partial charge < -0.3 is 24.4 Å². The van der Waals surface area contributed by atoms with Crippen molar-refractivity contribution in [2.24, 2.45) is 0 Å². The third-order valence-electron chi connectivity index (χ3n) is 4.05. The van der Waals surface area contributed by atoms with E-state index in [0.717, 1.165) is 0 Å². The van der Waals surface area contributed by atoms with Crippen molar-refractivity contribution in [2.75, 3.05) is 26.2 Å². The number of phenolic OH excluding ortho intramolecular Hbond substituents is 2. The maximum absolute atomic E-state index is 12.3. The lowest BCUT2D eigenvalue weighted by Crippen LogP contribution is -2.50. The van der Waals surface area contributed by atoms with Crippen molar-refractivity contribution in [1.29, 1.82) is 0 Å². The summed E-state index contributed by atoms with van der Waals surface area (Å²) in [5.74, 6) is -0.402. The van der Waals surface area contributed by atoms with E-state index in [1.54, 1.807) is 28.0 Å². The molecule has 3 rings (SSSR count). The van der Waals surface area contributed by atoms with Gasteiger partial charge in [0.1, 0.15) is 0 Å². The second-order valence-corrected chi connectivity index (χ2v) is 5.65. The highest BCUT2D eigenvalue weighted by Crippen LogP contribution is 2.25. The van der Waals surface area contributed by atoms with E-state index in [1.165, 1.54) is 18.4 Å². The average Bonchev–Trinajstić information content (AvgIpc) is 3.12. The fourth-order valence-corrected chi connectivity index (χ4v) is 2.68. The van der Waals surface area contributed by atoms with E-state index in [-0.39, 0.29) is 29.7 Å². The SMILES string of the molecule is O=C(Cc1ccc(O)c(O)c1)N1CCN(C(=O)c2ccco2)CC1. The maximum atomic E-state index is 12.3. The predicted molar refractivity (Wildman–Crippen MR) is 84.7 cm³/mol. The van der Waals surface area contributed by atoms with Crippen LogP contribution in [0.2, 0.25) is 0 Å². The summed E-state index contributed by atoms with van der Waals surface area (Å²) in [6.45, 7) is 1.81. The molecule has 2 amide bonds. The van der Waals surface area contributed by atoms with E-state index in [1.807, 2.05) is 0 Å². The second kappa shape index (κ2) is 6.66. The lowest BCUT2D eigenvalue weighted by atomic mass is 10.1. The molecule has 1 aliphatic rings. The van der Waals surface area contributed by atoms with Gasteiger partial charge in [0.05, 0.1) is 12.7 Å². The van der Waals surface area contributed by atoms with Crippen molar-refractivity contribution in [3.05, 3.63) is 47.9 Å². The average molecular weight is 330 g/mol. The Labute approximate surface area is 138 Å². The van der Waals surface area contributed by atoms with Crippen LogP contribution in [0.4, 0.5) is 0 Å². The van der Waals surface area contributed by atoms with Crippen LogP contribution in [0.5, 0.6) is 11.5 Å². The molecule has 0 bridgehead atoms. The minimum atomic E-state index is -0.242. The summed E-state index contributed by atoms with van der Waals surface area (Å²) < 4.78 is 5.11.